The third-order valence-electron chi connectivity index (χ3n) is 8.67. The van der Waals surface area contributed by atoms with E-state index in [1.807, 2.05) is 6.07 Å². The lowest BCUT2D eigenvalue weighted by Crippen LogP contribution is -2.24. The lowest BCUT2D eigenvalue weighted by atomic mass is 9.97. The molecule has 198 valence electrons. The van der Waals surface area contributed by atoms with Crippen LogP contribution in [0.4, 0.5) is 20.2 Å². The number of carboxylic acid groups (broad SMARTS) is 1. The largest absolute Gasteiger partial charge is 0.477 e. The van der Waals surface area contributed by atoms with Crippen molar-refractivity contribution in [1.82, 2.24) is 9.38 Å². The Morgan fingerprint density at radius 3 is 2.69 bits per heavy atom. The Kier molecular flexibility index (Phi) is 4.94. The maximum Gasteiger partial charge on any atom is 0.341 e. The number of halogens is 2. The summed E-state index contributed by atoms with van der Waals surface area (Å²) in [6.07, 6.45) is 5.45. The van der Waals surface area contributed by atoms with Gasteiger partial charge in [0.15, 0.2) is 11.6 Å². The Hall–Kier alpha value is -4.31. The molecule has 2 aliphatic carbocycles. The van der Waals surface area contributed by atoms with Gasteiger partial charge in [0, 0.05) is 89.9 Å². The SMILES string of the molecule is CNc1cc(F)c(F)c2c1Cc1ncc(-c3ccc4ccc(C(=O)O)c(=O)n4c3)c(N3CC[C@@]4(C[C@H]4N)C3)c1-2. The fourth-order valence-electron chi connectivity index (χ4n) is 6.43. The molecule has 1 aliphatic heterocycles. The monoisotopic (exact) mass is 529 g/mol. The third kappa shape index (κ3) is 3.34. The van der Waals surface area contributed by atoms with Crippen LogP contribution in [0.5, 0.6) is 0 Å². The van der Waals surface area contributed by atoms with Gasteiger partial charge in [-0.3, -0.25) is 14.2 Å². The highest BCUT2D eigenvalue weighted by Crippen LogP contribution is 2.56. The standard InChI is InChI=1S/C29H25F2N5O3/c1-33-20-9-19(30)25(31)23-17(20)8-21-24(23)26(35-7-6-29(13-35)10-22(29)32)18(11-34-21)14-2-3-15-4-5-16(28(38)39)27(37)36(15)12-14/h2-5,9,11-12,22,33H,6-8,10,13,32H2,1H3,(H,38,39)/t22-,29-/m1/s1. The average Bonchev–Trinajstić information content (AvgIpc) is 3.23. The highest BCUT2D eigenvalue weighted by atomic mass is 19.2. The highest BCUT2D eigenvalue weighted by molar-refractivity contribution is 5.97. The number of aromatic carboxylic acids is 1. The van der Waals surface area contributed by atoms with Crippen LogP contribution in [0.15, 0.2) is 47.5 Å². The average molecular weight is 530 g/mol. The minimum absolute atomic E-state index is 0.00217. The number of fused-ring (bicyclic) bond motifs is 4. The zero-order valence-electron chi connectivity index (χ0n) is 21.1. The molecule has 0 unspecified atom stereocenters. The fraction of sp³-hybridized carbons (Fsp3) is 0.276. The van der Waals surface area contributed by atoms with E-state index >= 15 is 4.39 Å². The van der Waals surface area contributed by atoms with E-state index in [9.17, 15) is 19.1 Å². The van der Waals surface area contributed by atoms with E-state index in [2.05, 4.69) is 10.2 Å². The number of nitrogens with zero attached hydrogens (tertiary/aromatic N) is 3. The van der Waals surface area contributed by atoms with Crippen molar-refractivity contribution in [2.75, 3.05) is 30.4 Å². The van der Waals surface area contributed by atoms with Gasteiger partial charge in [-0.05, 0) is 36.6 Å². The molecule has 4 heterocycles. The molecule has 3 aliphatic rings. The Labute approximate surface area is 221 Å². The molecule has 8 nitrogen and oxygen atoms in total. The van der Waals surface area contributed by atoms with Gasteiger partial charge in [-0.2, -0.15) is 0 Å². The first-order valence-corrected chi connectivity index (χ1v) is 12.8. The van der Waals surface area contributed by atoms with Gasteiger partial charge in [-0.25, -0.2) is 13.6 Å². The van der Waals surface area contributed by atoms with E-state index in [1.54, 1.807) is 31.6 Å². The van der Waals surface area contributed by atoms with Gasteiger partial charge < -0.3 is 21.1 Å². The van der Waals surface area contributed by atoms with Crippen LogP contribution in [0.25, 0.3) is 27.8 Å². The predicted molar refractivity (Wildman–Crippen MR) is 143 cm³/mol. The molecular formula is C29H25F2N5O3. The summed E-state index contributed by atoms with van der Waals surface area (Å²) in [5.74, 6) is -3.17. The van der Waals surface area contributed by atoms with Crippen LogP contribution in [0, 0.1) is 17.0 Å². The second-order valence-corrected chi connectivity index (χ2v) is 10.8. The Balaban J connectivity index is 1.50. The van der Waals surface area contributed by atoms with Crippen LogP contribution in [-0.4, -0.2) is 46.6 Å². The first-order chi connectivity index (χ1) is 18.7. The molecule has 0 radical (unpaired) electrons. The van der Waals surface area contributed by atoms with Crippen LogP contribution in [-0.2, 0) is 6.42 Å². The Bertz CT molecular complexity index is 1800. The van der Waals surface area contributed by atoms with Gasteiger partial charge in [-0.1, -0.05) is 6.07 Å². The molecule has 3 aromatic heterocycles. The maximum atomic E-state index is 15.5. The lowest BCUT2D eigenvalue weighted by Gasteiger charge is -2.26. The second kappa shape index (κ2) is 8.09. The van der Waals surface area contributed by atoms with E-state index in [0.717, 1.165) is 18.5 Å². The van der Waals surface area contributed by atoms with E-state index in [4.69, 9.17) is 10.7 Å². The van der Waals surface area contributed by atoms with Crippen LogP contribution in [0.2, 0.25) is 0 Å². The molecule has 39 heavy (non-hydrogen) atoms. The summed E-state index contributed by atoms with van der Waals surface area (Å²) >= 11 is 0. The van der Waals surface area contributed by atoms with E-state index in [-0.39, 0.29) is 22.6 Å². The van der Waals surface area contributed by atoms with Gasteiger partial charge in [0.1, 0.15) is 5.56 Å². The van der Waals surface area contributed by atoms with Crippen LogP contribution in [0.3, 0.4) is 0 Å². The summed E-state index contributed by atoms with van der Waals surface area (Å²) in [5, 5.41) is 12.4. The van der Waals surface area contributed by atoms with E-state index in [1.165, 1.54) is 16.5 Å². The smallest absolute Gasteiger partial charge is 0.341 e. The molecule has 1 spiro atoms. The van der Waals surface area contributed by atoms with Crippen molar-refractivity contribution in [2.45, 2.75) is 25.3 Å². The third-order valence-corrected chi connectivity index (χ3v) is 8.67. The number of hydrogen-bond acceptors (Lipinski definition) is 6. The molecule has 1 saturated carbocycles. The number of rotatable bonds is 4. The van der Waals surface area contributed by atoms with Gasteiger partial charge in [0.2, 0.25) is 0 Å². The predicted octanol–water partition coefficient (Wildman–Crippen LogP) is 3.88. The van der Waals surface area contributed by atoms with Crippen molar-refractivity contribution in [3.05, 3.63) is 81.5 Å². The molecule has 2 atom stereocenters. The number of nitrogens with one attached hydrogen (secondary N) is 1. The minimum atomic E-state index is -1.31. The van der Waals surface area contributed by atoms with Crippen molar-refractivity contribution in [2.24, 2.45) is 11.1 Å². The number of carbonyl (C=O) groups is 1. The Morgan fingerprint density at radius 1 is 1.23 bits per heavy atom. The number of pyridine rings is 3. The zero-order valence-corrected chi connectivity index (χ0v) is 21.1. The molecule has 0 bridgehead atoms. The number of nitrogens with two attached hydrogens (primary N) is 1. The summed E-state index contributed by atoms with van der Waals surface area (Å²) in [7, 11) is 1.67. The van der Waals surface area contributed by atoms with Crippen molar-refractivity contribution in [1.29, 1.82) is 0 Å². The lowest BCUT2D eigenvalue weighted by molar-refractivity contribution is 0.0694. The molecular weight excluding hydrogens is 504 g/mol. The van der Waals surface area contributed by atoms with Crippen LogP contribution >= 0.6 is 0 Å². The van der Waals surface area contributed by atoms with E-state index < -0.39 is 23.2 Å². The first kappa shape index (κ1) is 23.8. The van der Waals surface area contributed by atoms with Crippen LogP contribution < -0.4 is 21.5 Å². The van der Waals surface area contributed by atoms with Crippen LogP contribution in [0.1, 0.15) is 34.5 Å². The summed E-state index contributed by atoms with van der Waals surface area (Å²) < 4.78 is 31.6. The molecule has 1 saturated heterocycles. The number of benzene rings is 1. The minimum Gasteiger partial charge on any atom is -0.477 e. The zero-order chi connectivity index (χ0) is 27.2. The van der Waals surface area contributed by atoms with Crippen molar-refractivity contribution in [3.63, 3.8) is 0 Å². The number of anilines is 2. The normalized spacial score (nSPS) is 20.9. The maximum absolute atomic E-state index is 15.5. The summed E-state index contributed by atoms with van der Waals surface area (Å²) in [6, 6.07) is 7.70. The fourth-order valence-corrected chi connectivity index (χ4v) is 6.43. The first-order valence-electron chi connectivity index (χ1n) is 12.8. The second-order valence-electron chi connectivity index (χ2n) is 10.8. The quantitative estimate of drug-likeness (QED) is 0.324. The van der Waals surface area contributed by atoms with Gasteiger partial charge in [0.25, 0.3) is 5.56 Å². The summed E-state index contributed by atoms with van der Waals surface area (Å²) in [6.45, 7) is 1.37. The number of carboxylic acids is 1. The summed E-state index contributed by atoms with van der Waals surface area (Å²) in [5.41, 5.74) is 10.4. The molecule has 1 aromatic carbocycles. The van der Waals surface area contributed by atoms with Crippen molar-refractivity contribution < 1.29 is 18.7 Å². The number of hydrogen-bond donors (Lipinski definition) is 3. The Morgan fingerprint density at radius 2 is 2.00 bits per heavy atom. The molecule has 4 aromatic rings. The number of aromatic nitrogens is 2. The van der Waals surface area contributed by atoms with E-state index in [0.29, 0.717) is 58.7 Å². The van der Waals surface area contributed by atoms with Gasteiger partial charge >= 0.3 is 5.97 Å². The molecule has 2 fully saturated rings. The molecule has 4 N–H and O–H groups in total. The highest BCUT2D eigenvalue weighted by Gasteiger charge is 2.56. The molecule has 0 amide bonds. The van der Waals surface area contributed by atoms with Gasteiger partial charge in [-0.15, -0.1) is 0 Å². The van der Waals surface area contributed by atoms with Crippen molar-refractivity contribution >= 4 is 22.9 Å². The molecule has 10 heteroatoms. The van der Waals surface area contributed by atoms with Gasteiger partial charge in [0.05, 0.1) is 11.4 Å². The topological polar surface area (TPSA) is 113 Å². The molecule has 7 rings (SSSR count). The summed E-state index contributed by atoms with van der Waals surface area (Å²) in [4.78, 5) is 31.4. The van der Waals surface area contributed by atoms with Crippen molar-refractivity contribution in [3.8, 4) is 22.3 Å².